The highest BCUT2D eigenvalue weighted by atomic mass is 32.1. The molecule has 1 fully saturated rings. The van der Waals surface area contributed by atoms with Gasteiger partial charge in [0.05, 0.1) is 17.5 Å². The van der Waals surface area contributed by atoms with Gasteiger partial charge in [0.15, 0.2) is 16.8 Å². The third-order valence-electron chi connectivity index (χ3n) is 4.02. The molecule has 2 heterocycles. The van der Waals surface area contributed by atoms with E-state index in [1.807, 2.05) is 5.38 Å². The minimum Gasteiger partial charge on any atom is -0.441 e. The summed E-state index contributed by atoms with van der Waals surface area (Å²) < 4.78 is 19.3. The molecule has 1 N–H and O–H groups in total. The summed E-state index contributed by atoms with van der Waals surface area (Å²) in [6.07, 6.45) is 4.43. The fourth-order valence-corrected chi connectivity index (χ4v) is 3.33. The molecule has 0 bridgehead atoms. The van der Waals surface area contributed by atoms with Crippen LogP contribution in [0.15, 0.2) is 40.3 Å². The summed E-state index contributed by atoms with van der Waals surface area (Å²) in [6, 6.07) is 6.35. The Hall–Kier alpha value is -2.54. The van der Waals surface area contributed by atoms with Crippen molar-refractivity contribution in [2.45, 2.75) is 31.6 Å². The standard InChI is InChI=1S/C18H16FN3O2S/c19-13-4-2-1-3-12(13)15-9-20-17(24-15)8-7-16(23)22-18-21-14(10-25-18)11-5-6-11/h1-4,9-11H,5-8H2,(H,21,22,23). The number of hydrogen-bond donors (Lipinski definition) is 1. The molecule has 7 heteroatoms. The molecule has 0 spiro atoms. The lowest BCUT2D eigenvalue weighted by molar-refractivity contribution is -0.116. The van der Waals surface area contributed by atoms with Crippen molar-refractivity contribution in [2.24, 2.45) is 0 Å². The molecule has 1 aliphatic carbocycles. The lowest BCUT2D eigenvalue weighted by atomic mass is 10.2. The van der Waals surface area contributed by atoms with Gasteiger partial charge in [-0.3, -0.25) is 4.79 Å². The van der Waals surface area contributed by atoms with Crippen LogP contribution in [0, 0.1) is 5.82 Å². The van der Waals surface area contributed by atoms with Gasteiger partial charge in [0.25, 0.3) is 0 Å². The highest BCUT2D eigenvalue weighted by Crippen LogP contribution is 2.40. The summed E-state index contributed by atoms with van der Waals surface area (Å²) in [4.78, 5) is 20.6. The molecule has 3 aromatic rings. The van der Waals surface area contributed by atoms with Gasteiger partial charge < -0.3 is 9.73 Å². The van der Waals surface area contributed by atoms with Gasteiger partial charge in [0.2, 0.25) is 5.91 Å². The van der Waals surface area contributed by atoms with Crippen molar-refractivity contribution in [2.75, 3.05) is 5.32 Å². The molecule has 1 amide bonds. The Labute approximate surface area is 147 Å². The van der Waals surface area contributed by atoms with Crippen LogP contribution in [0.4, 0.5) is 9.52 Å². The van der Waals surface area contributed by atoms with E-state index in [2.05, 4.69) is 15.3 Å². The molecule has 128 valence electrons. The zero-order chi connectivity index (χ0) is 17.2. The topological polar surface area (TPSA) is 68.0 Å². The highest BCUT2D eigenvalue weighted by molar-refractivity contribution is 7.13. The number of hydrogen-bond acceptors (Lipinski definition) is 5. The zero-order valence-electron chi connectivity index (χ0n) is 13.4. The monoisotopic (exact) mass is 357 g/mol. The predicted octanol–water partition coefficient (Wildman–Crippen LogP) is 4.39. The minimum absolute atomic E-state index is 0.137. The van der Waals surface area contributed by atoms with Crippen molar-refractivity contribution in [1.29, 1.82) is 0 Å². The van der Waals surface area contributed by atoms with E-state index in [1.54, 1.807) is 18.2 Å². The van der Waals surface area contributed by atoms with Crippen LogP contribution in [0.3, 0.4) is 0 Å². The minimum atomic E-state index is -0.363. The number of carbonyl (C=O) groups is 1. The second kappa shape index (κ2) is 6.76. The van der Waals surface area contributed by atoms with Crippen LogP contribution < -0.4 is 5.32 Å². The molecular formula is C18H16FN3O2S. The number of benzene rings is 1. The summed E-state index contributed by atoms with van der Waals surface area (Å²) >= 11 is 1.45. The Morgan fingerprint density at radius 3 is 3.00 bits per heavy atom. The number of halogens is 1. The molecule has 0 unspecified atom stereocenters. The second-order valence-corrected chi connectivity index (χ2v) is 6.86. The van der Waals surface area contributed by atoms with Crippen LogP contribution in [0.5, 0.6) is 0 Å². The molecule has 0 radical (unpaired) electrons. The third kappa shape index (κ3) is 3.76. The van der Waals surface area contributed by atoms with Gasteiger partial charge >= 0.3 is 0 Å². The number of nitrogens with zero attached hydrogens (tertiary/aromatic N) is 2. The number of anilines is 1. The average Bonchev–Trinajstić information content (AvgIpc) is 3.17. The van der Waals surface area contributed by atoms with Gasteiger partial charge in [-0.15, -0.1) is 11.3 Å². The summed E-state index contributed by atoms with van der Waals surface area (Å²) in [7, 11) is 0. The maximum absolute atomic E-state index is 13.7. The van der Waals surface area contributed by atoms with E-state index >= 15 is 0 Å². The van der Waals surface area contributed by atoms with E-state index in [0.29, 0.717) is 34.7 Å². The van der Waals surface area contributed by atoms with Crippen molar-refractivity contribution in [3.8, 4) is 11.3 Å². The molecule has 5 nitrogen and oxygen atoms in total. The van der Waals surface area contributed by atoms with E-state index in [9.17, 15) is 9.18 Å². The van der Waals surface area contributed by atoms with Gasteiger partial charge in [-0.2, -0.15) is 0 Å². The first-order valence-electron chi connectivity index (χ1n) is 8.14. The molecule has 0 atom stereocenters. The average molecular weight is 357 g/mol. The highest BCUT2D eigenvalue weighted by Gasteiger charge is 2.26. The van der Waals surface area contributed by atoms with Crippen LogP contribution in [0.2, 0.25) is 0 Å². The fourth-order valence-electron chi connectivity index (χ4n) is 2.52. The summed E-state index contributed by atoms with van der Waals surface area (Å²) in [6.45, 7) is 0. The maximum atomic E-state index is 13.7. The summed E-state index contributed by atoms with van der Waals surface area (Å²) in [5, 5.41) is 5.43. The van der Waals surface area contributed by atoms with E-state index in [4.69, 9.17) is 4.42 Å². The summed E-state index contributed by atoms with van der Waals surface area (Å²) in [5.74, 6) is 0.847. The van der Waals surface area contributed by atoms with Crippen LogP contribution >= 0.6 is 11.3 Å². The van der Waals surface area contributed by atoms with Gasteiger partial charge in [0.1, 0.15) is 5.82 Å². The van der Waals surface area contributed by atoms with Crippen LogP contribution in [-0.4, -0.2) is 15.9 Å². The smallest absolute Gasteiger partial charge is 0.226 e. The molecule has 1 saturated carbocycles. The molecule has 1 aliphatic rings. The Balaban J connectivity index is 1.33. The zero-order valence-corrected chi connectivity index (χ0v) is 14.2. The van der Waals surface area contributed by atoms with Crippen molar-refractivity contribution in [1.82, 2.24) is 9.97 Å². The first-order chi connectivity index (χ1) is 12.2. The van der Waals surface area contributed by atoms with E-state index in [0.717, 1.165) is 5.69 Å². The normalized spacial score (nSPS) is 13.8. The largest absolute Gasteiger partial charge is 0.441 e. The molecule has 25 heavy (non-hydrogen) atoms. The SMILES string of the molecule is O=C(CCc1ncc(-c2ccccc2F)o1)Nc1nc(C2CC2)cs1. The number of amides is 1. The predicted molar refractivity (Wildman–Crippen MR) is 92.9 cm³/mol. The van der Waals surface area contributed by atoms with Crippen LogP contribution in [0.1, 0.15) is 36.8 Å². The molecular weight excluding hydrogens is 341 g/mol. The molecule has 2 aromatic heterocycles. The number of rotatable bonds is 6. The molecule has 1 aromatic carbocycles. The van der Waals surface area contributed by atoms with Crippen molar-refractivity contribution >= 4 is 22.4 Å². The Morgan fingerprint density at radius 1 is 1.36 bits per heavy atom. The van der Waals surface area contributed by atoms with E-state index < -0.39 is 0 Å². The number of aryl methyl sites for hydroxylation is 1. The quantitative estimate of drug-likeness (QED) is 0.710. The molecule has 0 saturated heterocycles. The lowest BCUT2D eigenvalue weighted by Crippen LogP contribution is -2.12. The van der Waals surface area contributed by atoms with Crippen LogP contribution in [0.25, 0.3) is 11.3 Å². The number of oxazole rings is 1. The van der Waals surface area contributed by atoms with Gasteiger partial charge in [-0.25, -0.2) is 14.4 Å². The van der Waals surface area contributed by atoms with E-state index in [1.165, 1.54) is 36.4 Å². The first-order valence-corrected chi connectivity index (χ1v) is 9.02. The fraction of sp³-hybridized carbons (Fsp3) is 0.278. The number of carbonyl (C=O) groups excluding carboxylic acids is 1. The van der Waals surface area contributed by atoms with Crippen molar-refractivity contribution in [3.63, 3.8) is 0 Å². The molecule has 4 rings (SSSR count). The maximum Gasteiger partial charge on any atom is 0.226 e. The van der Waals surface area contributed by atoms with Crippen molar-refractivity contribution < 1.29 is 13.6 Å². The Morgan fingerprint density at radius 2 is 2.20 bits per heavy atom. The number of thiazole rings is 1. The summed E-state index contributed by atoms with van der Waals surface area (Å²) in [5.41, 5.74) is 1.43. The van der Waals surface area contributed by atoms with Crippen LogP contribution in [-0.2, 0) is 11.2 Å². The Bertz CT molecular complexity index is 901. The van der Waals surface area contributed by atoms with Gasteiger partial charge in [0, 0.05) is 24.1 Å². The first kappa shape index (κ1) is 16.0. The molecule has 0 aliphatic heterocycles. The lowest BCUT2D eigenvalue weighted by Gasteiger charge is -2.00. The van der Waals surface area contributed by atoms with Gasteiger partial charge in [-0.05, 0) is 25.0 Å². The Kier molecular flexibility index (Phi) is 4.31. The van der Waals surface area contributed by atoms with Gasteiger partial charge in [-0.1, -0.05) is 12.1 Å². The second-order valence-electron chi connectivity index (χ2n) is 6.00. The number of aromatic nitrogens is 2. The number of nitrogens with one attached hydrogen (secondary N) is 1. The third-order valence-corrected chi connectivity index (χ3v) is 4.80. The van der Waals surface area contributed by atoms with E-state index in [-0.39, 0.29) is 18.1 Å². The van der Waals surface area contributed by atoms with Crippen molar-refractivity contribution in [3.05, 3.63) is 53.2 Å².